The first-order chi connectivity index (χ1) is 8.45. The SMILES string of the molecule is O=C(Nc1cccc(Cl)c1F)N[C@H](CO)C(=O)O. The van der Waals surface area contributed by atoms with Gasteiger partial charge in [0.05, 0.1) is 17.3 Å². The van der Waals surface area contributed by atoms with Crippen molar-refractivity contribution in [2.75, 3.05) is 11.9 Å². The van der Waals surface area contributed by atoms with Crippen molar-refractivity contribution in [2.24, 2.45) is 0 Å². The molecular formula is C10H10ClFN2O4. The molecule has 1 rings (SSSR count). The molecule has 0 fully saturated rings. The number of carbonyl (C=O) groups excluding carboxylic acids is 1. The molecule has 0 saturated carbocycles. The zero-order valence-corrected chi connectivity index (χ0v) is 9.74. The van der Waals surface area contributed by atoms with Crippen LogP contribution in [0.4, 0.5) is 14.9 Å². The van der Waals surface area contributed by atoms with Gasteiger partial charge in [-0.15, -0.1) is 0 Å². The number of carboxylic acid groups (broad SMARTS) is 1. The predicted octanol–water partition coefficient (Wildman–Crippen LogP) is 1.05. The average Bonchev–Trinajstić information content (AvgIpc) is 2.31. The van der Waals surface area contributed by atoms with Gasteiger partial charge in [-0.3, -0.25) is 0 Å². The molecule has 0 saturated heterocycles. The Morgan fingerprint density at radius 3 is 2.67 bits per heavy atom. The molecule has 4 N–H and O–H groups in total. The van der Waals surface area contributed by atoms with Gasteiger partial charge in [-0.25, -0.2) is 14.0 Å². The molecule has 1 aromatic rings. The number of carbonyl (C=O) groups is 2. The third-order valence-corrected chi connectivity index (χ3v) is 2.28. The Kier molecular flexibility index (Phi) is 4.87. The summed E-state index contributed by atoms with van der Waals surface area (Å²) in [4.78, 5) is 21.9. The summed E-state index contributed by atoms with van der Waals surface area (Å²) in [6, 6.07) is 1.55. The van der Waals surface area contributed by atoms with Gasteiger partial charge in [0.25, 0.3) is 0 Å². The van der Waals surface area contributed by atoms with Crippen LogP contribution in [-0.4, -0.2) is 34.9 Å². The van der Waals surface area contributed by atoms with E-state index in [0.717, 1.165) is 0 Å². The monoisotopic (exact) mass is 276 g/mol. The number of nitrogens with one attached hydrogen (secondary N) is 2. The molecule has 1 aromatic carbocycles. The number of amides is 2. The first kappa shape index (κ1) is 14.2. The molecule has 2 amide bonds. The predicted molar refractivity (Wildman–Crippen MR) is 62.1 cm³/mol. The average molecular weight is 277 g/mol. The van der Waals surface area contributed by atoms with Gasteiger partial charge < -0.3 is 20.8 Å². The number of halogens is 2. The van der Waals surface area contributed by atoms with Gasteiger partial charge in [-0.2, -0.15) is 0 Å². The Balaban J connectivity index is 2.70. The maximum atomic E-state index is 13.4. The largest absolute Gasteiger partial charge is 0.480 e. The van der Waals surface area contributed by atoms with Gasteiger partial charge in [0, 0.05) is 0 Å². The van der Waals surface area contributed by atoms with Gasteiger partial charge in [0.2, 0.25) is 0 Å². The second-order valence-corrected chi connectivity index (χ2v) is 3.68. The standard InChI is InChI=1S/C10H10ClFN2O4/c11-5-2-1-3-6(8(5)12)13-10(18)14-7(4-15)9(16)17/h1-3,7,15H,4H2,(H,16,17)(H2,13,14,18)/t7-/m1/s1. The normalized spacial score (nSPS) is 11.7. The quantitative estimate of drug-likeness (QED) is 0.660. The van der Waals surface area contributed by atoms with Crippen LogP contribution in [0.2, 0.25) is 5.02 Å². The van der Waals surface area contributed by atoms with Crippen molar-refractivity contribution in [3.63, 3.8) is 0 Å². The van der Waals surface area contributed by atoms with Crippen LogP contribution in [0.5, 0.6) is 0 Å². The van der Waals surface area contributed by atoms with Crippen molar-refractivity contribution in [1.29, 1.82) is 0 Å². The number of aliphatic carboxylic acids is 1. The molecule has 8 heteroatoms. The summed E-state index contributed by atoms with van der Waals surface area (Å²) in [6.45, 7) is -0.777. The minimum absolute atomic E-state index is 0.176. The third-order valence-electron chi connectivity index (χ3n) is 1.99. The highest BCUT2D eigenvalue weighted by molar-refractivity contribution is 6.31. The zero-order chi connectivity index (χ0) is 13.7. The van der Waals surface area contributed by atoms with Crippen LogP contribution in [0.1, 0.15) is 0 Å². The third kappa shape index (κ3) is 3.57. The summed E-state index contributed by atoms with van der Waals surface area (Å²) < 4.78 is 13.4. The first-order valence-corrected chi connectivity index (χ1v) is 5.18. The number of anilines is 1. The van der Waals surface area contributed by atoms with E-state index in [2.05, 4.69) is 5.32 Å². The van der Waals surface area contributed by atoms with Crippen LogP contribution in [0.25, 0.3) is 0 Å². The van der Waals surface area contributed by atoms with E-state index >= 15 is 0 Å². The fraction of sp³-hybridized carbons (Fsp3) is 0.200. The minimum Gasteiger partial charge on any atom is -0.480 e. The molecular weight excluding hydrogens is 267 g/mol. The number of carboxylic acids is 1. The minimum atomic E-state index is -1.47. The lowest BCUT2D eigenvalue weighted by Crippen LogP contribution is -2.45. The second-order valence-electron chi connectivity index (χ2n) is 3.27. The van der Waals surface area contributed by atoms with Crippen LogP contribution in [0, 0.1) is 5.82 Å². The fourth-order valence-corrected chi connectivity index (χ4v) is 1.28. The molecule has 1 atom stereocenters. The number of hydrogen-bond acceptors (Lipinski definition) is 3. The van der Waals surface area contributed by atoms with Crippen molar-refractivity contribution in [3.05, 3.63) is 29.0 Å². The Bertz CT molecular complexity index is 469. The maximum absolute atomic E-state index is 13.4. The van der Waals surface area contributed by atoms with Crippen LogP contribution in [0.3, 0.4) is 0 Å². The summed E-state index contributed by atoms with van der Waals surface area (Å²) in [6.07, 6.45) is 0. The van der Waals surface area contributed by atoms with Gasteiger partial charge in [-0.05, 0) is 12.1 Å². The smallest absolute Gasteiger partial charge is 0.328 e. The van der Waals surface area contributed by atoms with Crippen LogP contribution < -0.4 is 10.6 Å². The Labute approximate surface area is 106 Å². The molecule has 0 bridgehead atoms. The van der Waals surface area contributed by atoms with Crippen LogP contribution in [-0.2, 0) is 4.79 Å². The van der Waals surface area contributed by atoms with E-state index in [1.165, 1.54) is 18.2 Å². The summed E-state index contributed by atoms with van der Waals surface area (Å²) in [5, 5.41) is 21.1. The molecule has 18 heavy (non-hydrogen) atoms. The number of benzene rings is 1. The summed E-state index contributed by atoms with van der Waals surface area (Å²) in [7, 11) is 0. The highest BCUT2D eigenvalue weighted by atomic mass is 35.5. The van der Waals surface area contributed by atoms with Crippen molar-refractivity contribution >= 4 is 29.3 Å². The highest BCUT2D eigenvalue weighted by Crippen LogP contribution is 2.21. The molecule has 0 radical (unpaired) electrons. The van der Waals surface area contributed by atoms with Crippen molar-refractivity contribution in [2.45, 2.75) is 6.04 Å². The lowest BCUT2D eigenvalue weighted by Gasteiger charge is -2.13. The zero-order valence-electron chi connectivity index (χ0n) is 8.98. The van der Waals surface area contributed by atoms with Crippen LogP contribution in [0.15, 0.2) is 18.2 Å². The van der Waals surface area contributed by atoms with Gasteiger partial charge in [-0.1, -0.05) is 17.7 Å². The topological polar surface area (TPSA) is 98.7 Å². The lowest BCUT2D eigenvalue weighted by molar-refractivity contribution is -0.140. The molecule has 0 aliphatic heterocycles. The number of aliphatic hydroxyl groups excluding tert-OH is 1. The number of urea groups is 1. The Morgan fingerprint density at radius 1 is 1.44 bits per heavy atom. The number of aliphatic hydroxyl groups is 1. The van der Waals surface area contributed by atoms with E-state index in [4.69, 9.17) is 21.8 Å². The van der Waals surface area contributed by atoms with Gasteiger partial charge in [0.1, 0.15) is 0 Å². The summed E-state index contributed by atoms with van der Waals surface area (Å²) in [5.41, 5.74) is -0.193. The van der Waals surface area contributed by atoms with Crippen molar-refractivity contribution in [1.82, 2.24) is 5.32 Å². The van der Waals surface area contributed by atoms with Gasteiger partial charge in [0.15, 0.2) is 11.9 Å². The maximum Gasteiger partial charge on any atom is 0.328 e. The van der Waals surface area contributed by atoms with Crippen molar-refractivity contribution in [3.8, 4) is 0 Å². The van der Waals surface area contributed by atoms with Gasteiger partial charge >= 0.3 is 12.0 Å². The lowest BCUT2D eigenvalue weighted by atomic mass is 10.3. The van der Waals surface area contributed by atoms with E-state index in [9.17, 15) is 14.0 Å². The van der Waals surface area contributed by atoms with E-state index in [0.29, 0.717) is 0 Å². The fourth-order valence-electron chi connectivity index (χ4n) is 1.10. The molecule has 0 unspecified atom stereocenters. The van der Waals surface area contributed by atoms with Crippen LogP contribution >= 0.6 is 11.6 Å². The summed E-state index contributed by atoms with van der Waals surface area (Å²) >= 11 is 5.50. The Morgan fingerprint density at radius 2 is 2.11 bits per heavy atom. The summed E-state index contributed by atoms with van der Waals surface area (Å²) in [5.74, 6) is -2.23. The van der Waals surface area contributed by atoms with E-state index in [-0.39, 0.29) is 10.7 Å². The molecule has 0 spiro atoms. The van der Waals surface area contributed by atoms with E-state index in [1.807, 2.05) is 5.32 Å². The number of rotatable bonds is 4. The molecule has 0 aliphatic carbocycles. The van der Waals surface area contributed by atoms with E-state index in [1.54, 1.807) is 0 Å². The van der Waals surface area contributed by atoms with Crippen molar-refractivity contribution < 1.29 is 24.2 Å². The first-order valence-electron chi connectivity index (χ1n) is 4.81. The molecule has 0 aliphatic rings. The molecule has 98 valence electrons. The molecule has 0 aromatic heterocycles. The molecule has 0 heterocycles. The Hall–Kier alpha value is -1.86. The van der Waals surface area contributed by atoms with E-state index < -0.39 is 30.5 Å². The highest BCUT2D eigenvalue weighted by Gasteiger charge is 2.19. The molecule has 6 nitrogen and oxygen atoms in total. The number of hydrogen-bond donors (Lipinski definition) is 4. The second kappa shape index (κ2) is 6.18.